The average Bonchev–Trinajstić information content (AvgIpc) is 3.17. The molecule has 3 heterocycles. The maximum absolute atomic E-state index is 13.5. The van der Waals surface area contributed by atoms with Gasteiger partial charge in [-0.25, -0.2) is 4.98 Å². The van der Waals surface area contributed by atoms with Crippen molar-refractivity contribution in [2.24, 2.45) is 0 Å². The van der Waals surface area contributed by atoms with E-state index < -0.39 is 0 Å². The summed E-state index contributed by atoms with van der Waals surface area (Å²) >= 11 is 3.06. The van der Waals surface area contributed by atoms with Gasteiger partial charge < -0.3 is 14.5 Å². The number of fused-ring (bicyclic) bond motifs is 3. The van der Waals surface area contributed by atoms with Crippen LogP contribution in [0.3, 0.4) is 0 Å². The van der Waals surface area contributed by atoms with Gasteiger partial charge in [-0.3, -0.25) is 14.2 Å². The Labute approximate surface area is 191 Å². The van der Waals surface area contributed by atoms with E-state index in [1.54, 1.807) is 23.0 Å². The van der Waals surface area contributed by atoms with Gasteiger partial charge in [-0.2, -0.15) is 0 Å². The zero-order chi connectivity index (χ0) is 22.0. The Morgan fingerprint density at radius 1 is 1.23 bits per heavy atom. The quantitative estimate of drug-likeness (QED) is 0.464. The third kappa shape index (κ3) is 4.69. The Kier molecular flexibility index (Phi) is 7.36. The van der Waals surface area contributed by atoms with Gasteiger partial charge in [0, 0.05) is 38.2 Å². The molecule has 7 nitrogen and oxygen atoms in total. The molecule has 0 spiro atoms. The van der Waals surface area contributed by atoms with Gasteiger partial charge >= 0.3 is 0 Å². The number of hydrogen-bond acceptors (Lipinski definition) is 7. The first-order valence-corrected chi connectivity index (χ1v) is 12.9. The zero-order valence-corrected chi connectivity index (χ0v) is 20.3. The van der Waals surface area contributed by atoms with Crippen molar-refractivity contribution in [2.75, 3.05) is 46.4 Å². The molecule has 0 N–H and O–H groups in total. The predicted molar refractivity (Wildman–Crippen MR) is 126 cm³/mol. The molecule has 0 bridgehead atoms. The van der Waals surface area contributed by atoms with Gasteiger partial charge in [0.25, 0.3) is 5.56 Å². The molecule has 0 aromatic carbocycles. The number of rotatable bonds is 7. The summed E-state index contributed by atoms with van der Waals surface area (Å²) in [6, 6.07) is 0. The van der Waals surface area contributed by atoms with Crippen LogP contribution in [0.2, 0.25) is 0 Å². The summed E-state index contributed by atoms with van der Waals surface area (Å²) in [5, 5.41) is 1.12. The fourth-order valence-electron chi connectivity index (χ4n) is 4.44. The molecule has 2 aromatic heterocycles. The van der Waals surface area contributed by atoms with E-state index in [0.29, 0.717) is 18.3 Å². The maximum atomic E-state index is 13.5. The Morgan fingerprint density at radius 2 is 1.97 bits per heavy atom. The number of nitrogens with zero attached hydrogens (tertiary/aromatic N) is 4. The molecule has 1 aliphatic carbocycles. The molecule has 1 fully saturated rings. The van der Waals surface area contributed by atoms with E-state index in [1.165, 1.54) is 28.6 Å². The first-order chi connectivity index (χ1) is 15.0. The van der Waals surface area contributed by atoms with Crippen LogP contribution < -0.4 is 5.56 Å². The van der Waals surface area contributed by atoms with Crippen LogP contribution >= 0.6 is 23.1 Å². The molecule has 1 atom stereocenters. The highest BCUT2D eigenvalue weighted by molar-refractivity contribution is 8.00. The highest BCUT2D eigenvalue weighted by atomic mass is 32.2. The van der Waals surface area contributed by atoms with E-state index in [0.717, 1.165) is 62.2 Å². The largest absolute Gasteiger partial charge is 0.383 e. The van der Waals surface area contributed by atoms with Gasteiger partial charge in [0.1, 0.15) is 4.83 Å². The van der Waals surface area contributed by atoms with Crippen LogP contribution in [0.25, 0.3) is 10.2 Å². The highest BCUT2D eigenvalue weighted by Gasteiger charge is 2.28. The molecule has 0 radical (unpaired) electrons. The number of aromatic nitrogens is 2. The van der Waals surface area contributed by atoms with Gasteiger partial charge in [-0.15, -0.1) is 11.3 Å². The van der Waals surface area contributed by atoms with Crippen LogP contribution in [0.1, 0.15) is 37.1 Å². The van der Waals surface area contributed by atoms with Gasteiger partial charge in [0.15, 0.2) is 5.16 Å². The van der Waals surface area contributed by atoms with Crippen LogP contribution in [-0.4, -0.2) is 76.9 Å². The maximum Gasteiger partial charge on any atom is 0.263 e. The normalized spacial score (nSPS) is 18.4. The Morgan fingerprint density at radius 3 is 2.68 bits per heavy atom. The number of ether oxygens (including phenoxy) is 1. The highest BCUT2D eigenvalue weighted by Crippen LogP contribution is 2.35. The van der Waals surface area contributed by atoms with Gasteiger partial charge in [0.05, 0.1) is 23.8 Å². The first-order valence-electron chi connectivity index (χ1n) is 11.2. The van der Waals surface area contributed by atoms with E-state index >= 15 is 0 Å². The number of methoxy groups -OCH3 is 1. The number of aryl methyl sites for hydroxylation is 2. The molecule has 1 unspecified atom stereocenters. The third-order valence-corrected chi connectivity index (χ3v) is 8.58. The van der Waals surface area contributed by atoms with Crippen molar-refractivity contribution in [3.05, 3.63) is 20.8 Å². The second-order valence-corrected chi connectivity index (χ2v) is 10.6. The van der Waals surface area contributed by atoms with Crippen LogP contribution in [0.15, 0.2) is 9.95 Å². The van der Waals surface area contributed by atoms with Crippen molar-refractivity contribution in [2.45, 2.75) is 56.5 Å². The average molecular weight is 465 g/mol. The fraction of sp³-hybridized carbons (Fsp3) is 0.682. The smallest absolute Gasteiger partial charge is 0.263 e. The number of piperazine rings is 1. The summed E-state index contributed by atoms with van der Waals surface area (Å²) in [6.07, 6.45) is 4.30. The lowest BCUT2D eigenvalue weighted by Gasteiger charge is -2.35. The van der Waals surface area contributed by atoms with Crippen molar-refractivity contribution in [1.29, 1.82) is 0 Å². The minimum absolute atomic E-state index is 0.0140. The molecule has 1 aliphatic heterocycles. The molecular weight excluding hydrogens is 432 g/mol. The Balaban J connectivity index is 1.61. The van der Waals surface area contributed by atoms with Gasteiger partial charge in [0.2, 0.25) is 5.91 Å². The topological polar surface area (TPSA) is 67.7 Å². The number of hydrogen-bond donors (Lipinski definition) is 0. The second kappa shape index (κ2) is 10.0. The number of thiophene rings is 1. The molecule has 0 saturated carbocycles. The summed E-state index contributed by atoms with van der Waals surface area (Å²) in [6.45, 7) is 9.35. The number of carbonyl (C=O) groups excluding carboxylic acids is 1. The predicted octanol–water partition coefficient (Wildman–Crippen LogP) is 2.63. The lowest BCUT2D eigenvalue weighted by molar-refractivity contribution is -0.132. The monoisotopic (exact) mass is 464 g/mol. The summed E-state index contributed by atoms with van der Waals surface area (Å²) < 4.78 is 6.98. The summed E-state index contributed by atoms with van der Waals surface area (Å²) in [4.78, 5) is 37.9. The minimum Gasteiger partial charge on any atom is -0.383 e. The van der Waals surface area contributed by atoms with E-state index in [1.807, 2.05) is 11.8 Å². The molecule has 4 rings (SSSR count). The number of likely N-dealkylation sites (N-methyl/N-ethyl adjacent to an activating group) is 1. The van der Waals surface area contributed by atoms with E-state index in [2.05, 4.69) is 11.8 Å². The lowest BCUT2D eigenvalue weighted by atomic mass is 9.97. The van der Waals surface area contributed by atoms with Gasteiger partial charge in [-0.05, 0) is 44.7 Å². The first kappa shape index (κ1) is 22.8. The van der Waals surface area contributed by atoms with Crippen molar-refractivity contribution in [1.82, 2.24) is 19.4 Å². The molecule has 1 amide bonds. The van der Waals surface area contributed by atoms with Crippen LogP contribution in [-0.2, 0) is 28.9 Å². The van der Waals surface area contributed by atoms with Crippen molar-refractivity contribution >= 4 is 39.2 Å². The Bertz CT molecular complexity index is 995. The fourth-order valence-corrected chi connectivity index (χ4v) is 6.76. The van der Waals surface area contributed by atoms with Crippen molar-refractivity contribution in [3.8, 4) is 0 Å². The lowest BCUT2D eigenvalue weighted by Crippen LogP contribution is -2.50. The Hall–Kier alpha value is -1.42. The van der Waals surface area contributed by atoms with Crippen LogP contribution in [0.4, 0.5) is 0 Å². The SMILES string of the molecule is CCN1CCN(C(=O)C(C)Sc2nc3sc4c(c3c(=O)n2CCOC)CCCC4)CC1. The number of thioether (sulfide) groups is 1. The van der Waals surface area contributed by atoms with Crippen LogP contribution in [0.5, 0.6) is 0 Å². The number of amides is 1. The van der Waals surface area contributed by atoms with E-state index in [4.69, 9.17) is 9.72 Å². The molecule has 9 heteroatoms. The molecular formula is C22H32N4O3S2. The number of carbonyl (C=O) groups is 1. The standard InChI is InChI=1S/C22H32N4O3S2/c1-4-24-9-11-25(12-10-24)20(27)15(2)30-22-23-19-18(21(28)26(22)13-14-29-3)16-7-5-6-8-17(16)31-19/h15H,4-14H2,1-3H3. The molecule has 1 saturated heterocycles. The minimum atomic E-state index is -0.291. The van der Waals surface area contributed by atoms with E-state index in [-0.39, 0.29) is 16.7 Å². The summed E-state index contributed by atoms with van der Waals surface area (Å²) in [7, 11) is 1.64. The molecule has 170 valence electrons. The zero-order valence-electron chi connectivity index (χ0n) is 18.7. The third-order valence-electron chi connectivity index (χ3n) is 6.32. The van der Waals surface area contributed by atoms with E-state index in [9.17, 15) is 9.59 Å². The molecule has 31 heavy (non-hydrogen) atoms. The van der Waals surface area contributed by atoms with Crippen molar-refractivity contribution < 1.29 is 9.53 Å². The summed E-state index contributed by atoms with van der Waals surface area (Å²) in [5.41, 5.74) is 1.21. The second-order valence-electron chi connectivity index (χ2n) is 8.25. The van der Waals surface area contributed by atoms with Crippen molar-refractivity contribution in [3.63, 3.8) is 0 Å². The van der Waals surface area contributed by atoms with Gasteiger partial charge in [-0.1, -0.05) is 18.7 Å². The summed E-state index contributed by atoms with van der Waals surface area (Å²) in [5.74, 6) is 0.124. The molecule has 2 aliphatic rings. The molecule has 2 aromatic rings. The van der Waals surface area contributed by atoms with Crippen LogP contribution in [0, 0.1) is 0 Å².